The van der Waals surface area contributed by atoms with Crippen molar-refractivity contribution in [2.75, 3.05) is 12.4 Å². The average Bonchev–Trinajstić information content (AvgIpc) is 2.65. The van der Waals surface area contributed by atoms with Crippen molar-refractivity contribution in [2.24, 2.45) is 0 Å². The molecule has 0 radical (unpaired) electrons. The van der Waals surface area contributed by atoms with Gasteiger partial charge in [-0.2, -0.15) is 0 Å². The Morgan fingerprint density at radius 3 is 2.76 bits per heavy atom. The van der Waals surface area contributed by atoms with E-state index in [2.05, 4.69) is 5.32 Å². The van der Waals surface area contributed by atoms with Gasteiger partial charge in [0.25, 0.3) is 5.91 Å². The van der Waals surface area contributed by atoms with Gasteiger partial charge in [-0.15, -0.1) is 0 Å². The van der Waals surface area contributed by atoms with Crippen molar-refractivity contribution in [1.29, 1.82) is 0 Å². The van der Waals surface area contributed by atoms with Crippen molar-refractivity contribution in [1.82, 2.24) is 4.90 Å². The lowest BCUT2D eigenvalue weighted by atomic mass is 10.1. The first-order chi connectivity index (χ1) is 7.99. The van der Waals surface area contributed by atoms with Gasteiger partial charge in [-0.3, -0.25) is 9.59 Å². The molecule has 90 valence electrons. The zero-order valence-electron chi connectivity index (χ0n) is 10.3. The van der Waals surface area contributed by atoms with Crippen LogP contribution in [0.3, 0.4) is 0 Å². The Balaban J connectivity index is 2.27. The van der Waals surface area contributed by atoms with Crippen molar-refractivity contribution in [3.05, 3.63) is 29.3 Å². The maximum Gasteiger partial charge on any atom is 0.253 e. The van der Waals surface area contributed by atoms with Crippen molar-refractivity contribution in [3.63, 3.8) is 0 Å². The predicted molar refractivity (Wildman–Crippen MR) is 66.0 cm³/mol. The third kappa shape index (κ3) is 2.16. The summed E-state index contributed by atoms with van der Waals surface area (Å²) in [5, 5.41) is 2.75. The van der Waals surface area contributed by atoms with Gasteiger partial charge in [-0.05, 0) is 37.6 Å². The number of nitrogens with zero attached hydrogens (tertiary/aromatic N) is 1. The predicted octanol–water partition coefficient (Wildman–Crippen LogP) is 1.66. The summed E-state index contributed by atoms with van der Waals surface area (Å²) >= 11 is 0. The molecular weight excluding hydrogens is 216 g/mol. The Bertz CT molecular complexity index is 480. The molecule has 4 nitrogen and oxygen atoms in total. The van der Waals surface area contributed by atoms with Crippen LogP contribution >= 0.6 is 0 Å². The molecule has 0 unspecified atom stereocenters. The molecule has 0 spiro atoms. The third-order valence-electron chi connectivity index (χ3n) is 3.07. The van der Waals surface area contributed by atoms with E-state index in [1.165, 1.54) is 0 Å². The monoisotopic (exact) mass is 232 g/mol. The smallest absolute Gasteiger partial charge is 0.253 e. The number of amides is 2. The number of hydrogen-bond donors (Lipinski definition) is 1. The molecule has 0 bridgehead atoms. The molecule has 2 rings (SSSR count). The summed E-state index contributed by atoms with van der Waals surface area (Å²) in [6.07, 6.45) is 0.363. The van der Waals surface area contributed by atoms with Crippen LogP contribution in [0.15, 0.2) is 18.2 Å². The molecule has 4 heteroatoms. The first-order valence-electron chi connectivity index (χ1n) is 5.69. The van der Waals surface area contributed by atoms with Crippen LogP contribution in [0.5, 0.6) is 0 Å². The minimum Gasteiger partial charge on any atom is -0.339 e. The van der Waals surface area contributed by atoms with Gasteiger partial charge in [0.1, 0.15) is 0 Å². The molecule has 17 heavy (non-hydrogen) atoms. The van der Waals surface area contributed by atoms with Gasteiger partial charge in [0.2, 0.25) is 5.91 Å². The fourth-order valence-electron chi connectivity index (χ4n) is 1.80. The molecule has 0 fully saturated rings. The number of benzene rings is 1. The Labute approximate surface area is 101 Å². The van der Waals surface area contributed by atoms with E-state index in [0.29, 0.717) is 12.0 Å². The average molecular weight is 232 g/mol. The van der Waals surface area contributed by atoms with E-state index in [1.54, 1.807) is 30.1 Å². The minimum absolute atomic E-state index is 0.0119. The summed E-state index contributed by atoms with van der Waals surface area (Å²) < 4.78 is 0. The molecule has 0 atom stereocenters. The molecule has 1 aromatic carbocycles. The largest absolute Gasteiger partial charge is 0.339 e. The van der Waals surface area contributed by atoms with Crippen molar-refractivity contribution in [2.45, 2.75) is 26.3 Å². The number of carbonyl (C=O) groups excluding carboxylic acids is 2. The van der Waals surface area contributed by atoms with E-state index in [-0.39, 0.29) is 17.9 Å². The third-order valence-corrected chi connectivity index (χ3v) is 3.07. The molecule has 0 aromatic heterocycles. The molecule has 0 saturated heterocycles. The van der Waals surface area contributed by atoms with Crippen LogP contribution in [-0.4, -0.2) is 29.8 Å². The van der Waals surface area contributed by atoms with E-state index in [4.69, 9.17) is 0 Å². The topological polar surface area (TPSA) is 49.4 Å². The fraction of sp³-hybridized carbons (Fsp3) is 0.385. The van der Waals surface area contributed by atoms with Crippen molar-refractivity contribution in [3.8, 4) is 0 Å². The van der Waals surface area contributed by atoms with E-state index < -0.39 is 0 Å². The Morgan fingerprint density at radius 1 is 1.41 bits per heavy atom. The second-order valence-electron chi connectivity index (χ2n) is 4.61. The highest BCUT2D eigenvalue weighted by atomic mass is 16.2. The van der Waals surface area contributed by atoms with Crippen LogP contribution in [0.1, 0.15) is 29.8 Å². The van der Waals surface area contributed by atoms with Crippen molar-refractivity contribution >= 4 is 17.5 Å². The van der Waals surface area contributed by atoms with E-state index >= 15 is 0 Å². The van der Waals surface area contributed by atoms with Gasteiger partial charge in [0.05, 0.1) is 6.42 Å². The number of hydrogen-bond acceptors (Lipinski definition) is 2. The molecule has 0 saturated carbocycles. The van der Waals surface area contributed by atoms with Crippen LogP contribution in [0.25, 0.3) is 0 Å². The second-order valence-corrected chi connectivity index (χ2v) is 4.61. The quantitative estimate of drug-likeness (QED) is 0.843. The summed E-state index contributed by atoms with van der Waals surface area (Å²) in [6.45, 7) is 3.94. The number of carbonyl (C=O) groups is 2. The Kier molecular flexibility index (Phi) is 2.88. The summed E-state index contributed by atoms with van der Waals surface area (Å²) in [5.74, 6) is -0.0241. The molecular formula is C13H16N2O2. The molecule has 1 aliphatic rings. The lowest BCUT2D eigenvalue weighted by Gasteiger charge is -2.21. The molecule has 1 heterocycles. The fourth-order valence-corrected chi connectivity index (χ4v) is 1.80. The highest BCUT2D eigenvalue weighted by molar-refractivity contribution is 6.01. The number of nitrogens with one attached hydrogen (secondary N) is 1. The molecule has 1 N–H and O–H groups in total. The van der Waals surface area contributed by atoms with Gasteiger partial charge in [0, 0.05) is 24.3 Å². The zero-order valence-corrected chi connectivity index (χ0v) is 10.3. The molecule has 1 aliphatic heterocycles. The van der Waals surface area contributed by atoms with Crippen LogP contribution in [0, 0.1) is 0 Å². The number of fused-ring (bicyclic) bond motifs is 1. The Hall–Kier alpha value is -1.84. The Morgan fingerprint density at radius 2 is 2.12 bits per heavy atom. The minimum atomic E-state index is -0.0122. The van der Waals surface area contributed by atoms with E-state index in [1.807, 2.05) is 13.8 Å². The maximum atomic E-state index is 12.1. The molecule has 0 aliphatic carbocycles. The maximum absolute atomic E-state index is 12.1. The summed E-state index contributed by atoms with van der Waals surface area (Å²) in [7, 11) is 1.78. The zero-order chi connectivity index (χ0) is 12.6. The molecule has 2 amide bonds. The van der Waals surface area contributed by atoms with Crippen molar-refractivity contribution < 1.29 is 9.59 Å². The van der Waals surface area contributed by atoms with E-state index in [0.717, 1.165) is 11.3 Å². The van der Waals surface area contributed by atoms with Gasteiger partial charge < -0.3 is 10.2 Å². The van der Waals surface area contributed by atoms with E-state index in [9.17, 15) is 9.59 Å². The molecule has 1 aromatic rings. The SMILES string of the molecule is CC(C)N(C)C(=O)c1ccc2c(c1)CC(=O)N2. The van der Waals surface area contributed by atoms with Gasteiger partial charge in [-0.1, -0.05) is 0 Å². The number of anilines is 1. The van der Waals surface area contributed by atoms with Gasteiger partial charge in [0.15, 0.2) is 0 Å². The lowest BCUT2D eigenvalue weighted by molar-refractivity contribution is -0.115. The van der Waals surface area contributed by atoms with Crippen LogP contribution < -0.4 is 5.32 Å². The lowest BCUT2D eigenvalue weighted by Crippen LogP contribution is -2.32. The normalized spacial score (nSPS) is 13.5. The van der Waals surface area contributed by atoms with Crippen LogP contribution in [0.2, 0.25) is 0 Å². The number of rotatable bonds is 2. The van der Waals surface area contributed by atoms with Crippen LogP contribution in [-0.2, 0) is 11.2 Å². The van der Waals surface area contributed by atoms with Gasteiger partial charge >= 0.3 is 0 Å². The summed E-state index contributed by atoms with van der Waals surface area (Å²) in [6, 6.07) is 5.51. The highest BCUT2D eigenvalue weighted by Gasteiger charge is 2.20. The summed E-state index contributed by atoms with van der Waals surface area (Å²) in [5.41, 5.74) is 2.35. The first kappa shape index (κ1) is 11.6. The summed E-state index contributed by atoms with van der Waals surface area (Å²) in [4.78, 5) is 25.0. The van der Waals surface area contributed by atoms with Crippen LogP contribution in [0.4, 0.5) is 5.69 Å². The highest BCUT2D eigenvalue weighted by Crippen LogP contribution is 2.24. The second kappa shape index (κ2) is 4.20. The van der Waals surface area contributed by atoms with Gasteiger partial charge in [-0.25, -0.2) is 0 Å². The standard InChI is InChI=1S/C13H16N2O2/c1-8(2)15(3)13(17)9-4-5-11-10(6-9)7-12(16)14-11/h4-6,8H,7H2,1-3H3,(H,14,16). The first-order valence-corrected chi connectivity index (χ1v) is 5.69.